The number of nitrogens with zero attached hydrogens (tertiary/aromatic N) is 1. The van der Waals surface area contributed by atoms with Crippen LogP contribution in [0.4, 0.5) is 5.69 Å². The molecule has 3 heteroatoms. The van der Waals surface area contributed by atoms with E-state index in [-0.39, 0.29) is 0 Å². The molecule has 0 bridgehead atoms. The van der Waals surface area contributed by atoms with Crippen molar-refractivity contribution in [3.8, 4) is 0 Å². The Morgan fingerprint density at radius 1 is 1.24 bits per heavy atom. The van der Waals surface area contributed by atoms with Crippen LogP contribution in [0.25, 0.3) is 10.9 Å². The molecule has 3 aromatic rings. The third-order valence-electron chi connectivity index (χ3n) is 2.98. The number of benzene rings is 1. The second-order valence-corrected chi connectivity index (χ2v) is 4.93. The van der Waals surface area contributed by atoms with Gasteiger partial charge in [-0.1, -0.05) is 18.2 Å². The van der Waals surface area contributed by atoms with Crippen molar-refractivity contribution in [3.63, 3.8) is 0 Å². The van der Waals surface area contributed by atoms with E-state index in [2.05, 4.69) is 64.2 Å². The van der Waals surface area contributed by atoms with Gasteiger partial charge in [0.15, 0.2) is 0 Å². The van der Waals surface area contributed by atoms with Crippen LogP contribution in [-0.4, -0.2) is 4.57 Å². The summed E-state index contributed by atoms with van der Waals surface area (Å²) in [5.74, 6) is 0. The molecule has 1 aromatic carbocycles. The van der Waals surface area contributed by atoms with E-state index in [1.807, 2.05) is 0 Å². The first-order chi connectivity index (χ1) is 8.34. The van der Waals surface area contributed by atoms with E-state index in [9.17, 15) is 0 Å². The second-order valence-electron chi connectivity index (χ2n) is 4.15. The van der Waals surface area contributed by atoms with Gasteiger partial charge in [0.05, 0.1) is 0 Å². The van der Waals surface area contributed by atoms with Gasteiger partial charge in [-0.05, 0) is 23.1 Å². The summed E-state index contributed by atoms with van der Waals surface area (Å²) in [5, 5.41) is 8.99. The Kier molecular flexibility index (Phi) is 2.61. The van der Waals surface area contributed by atoms with E-state index in [4.69, 9.17) is 0 Å². The highest BCUT2D eigenvalue weighted by molar-refractivity contribution is 7.08. The molecule has 2 heterocycles. The van der Waals surface area contributed by atoms with Gasteiger partial charge >= 0.3 is 0 Å². The Morgan fingerprint density at radius 2 is 2.12 bits per heavy atom. The van der Waals surface area contributed by atoms with Crippen LogP contribution in [0.15, 0.2) is 47.3 Å². The third-order valence-corrected chi connectivity index (χ3v) is 3.67. The number of nitrogens with one attached hydrogen (secondary N) is 1. The fourth-order valence-corrected chi connectivity index (χ4v) is 2.74. The first-order valence-electron chi connectivity index (χ1n) is 5.63. The Hall–Kier alpha value is -1.74. The second kappa shape index (κ2) is 4.26. The van der Waals surface area contributed by atoms with Crippen molar-refractivity contribution >= 4 is 27.9 Å². The van der Waals surface area contributed by atoms with Crippen LogP contribution >= 0.6 is 11.3 Å². The number of fused-ring (bicyclic) bond motifs is 1. The van der Waals surface area contributed by atoms with Crippen molar-refractivity contribution in [2.75, 3.05) is 5.32 Å². The van der Waals surface area contributed by atoms with Crippen LogP contribution in [0, 0.1) is 0 Å². The summed E-state index contributed by atoms with van der Waals surface area (Å²) >= 11 is 1.72. The van der Waals surface area contributed by atoms with Crippen LogP contribution in [0.1, 0.15) is 5.56 Å². The van der Waals surface area contributed by atoms with Crippen LogP contribution < -0.4 is 5.32 Å². The van der Waals surface area contributed by atoms with Gasteiger partial charge in [0.1, 0.15) is 0 Å². The summed E-state index contributed by atoms with van der Waals surface area (Å²) in [4.78, 5) is 0. The van der Waals surface area contributed by atoms with Crippen LogP contribution in [0.5, 0.6) is 0 Å². The molecule has 0 aliphatic heterocycles. The van der Waals surface area contributed by atoms with Gasteiger partial charge in [-0.3, -0.25) is 0 Å². The molecule has 86 valence electrons. The van der Waals surface area contributed by atoms with Gasteiger partial charge in [-0.25, -0.2) is 0 Å². The maximum atomic E-state index is 3.44. The van der Waals surface area contributed by atoms with Gasteiger partial charge < -0.3 is 9.88 Å². The fourth-order valence-electron chi connectivity index (χ4n) is 2.13. The quantitative estimate of drug-likeness (QED) is 0.738. The maximum absolute atomic E-state index is 3.44. The van der Waals surface area contributed by atoms with Crippen LogP contribution in [-0.2, 0) is 13.6 Å². The molecular weight excluding hydrogens is 228 g/mol. The number of aryl methyl sites for hydroxylation is 1. The van der Waals surface area contributed by atoms with Crippen LogP contribution in [0.2, 0.25) is 0 Å². The third kappa shape index (κ3) is 1.94. The zero-order chi connectivity index (χ0) is 11.7. The number of aromatic nitrogens is 1. The number of hydrogen-bond donors (Lipinski definition) is 1. The van der Waals surface area contributed by atoms with E-state index >= 15 is 0 Å². The molecule has 0 radical (unpaired) electrons. The molecule has 0 unspecified atom stereocenters. The number of anilines is 1. The monoisotopic (exact) mass is 242 g/mol. The van der Waals surface area contributed by atoms with E-state index < -0.39 is 0 Å². The number of rotatable bonds is 3. The van der Waals surface area contributed by atoms with Gasteiger partial charge in [-0.2, -0.15) is 11.3 Å². The molecule has 0 spiro atoms. The van der Waals surface area contributed by atoms with E-state index in [0.29, 0.717) is 0 Å². The highest BCUT2D eigenvalue weighted by Crippen LogP contribution is 2.21. The van der Waals surface area contributed by atoms with E-state index in [1.54, 1.807) is 11.3 Å². The zero-order valence-corrected chi connectivity index (χ0v) is 10.5. The molecule has 0 fully saturated rings. The summed E-state index contributed by atoms with van der Waals surface area (Å²) < 4.78 is 2.18. The van der Waals surface area contributed by atoms with Crippen molar-refractivity contribution in [3.05, 3.63) is 52.9 Å². The molecule has 1 N–H and O–H groups in total. The van der Waals surface area contributed by atoms with Crippen molar-refractivity contribution in [2.45, 2.75) is 6.54 Å². The summed E-state index contributed by atoms with van der Waals surface area (Å²) in [5.41, 5.74) is 3.83. The summed E-state index contributed by atoms with van der Waals surface area (Å²) in [6.45, 7) is 0.873. The number of para-hydroxylation sites is 1. The van der Waals surface area contributed by atoms with Crippen molar-refractivity contribution in [2.24, 2.45) is 7.05 Å². The summed E-state index contributed by atoms with van der Waals surface area (Å²) in [6.07, 6.45) is 2.20. The average molecular weight is 242 g/mol. The van der Waals surface area contributed by atoms with Crippen molar-refractivity contribution < 1.29 is 0 Å². The van der Waals surface area contributed by atoms with Crippen molar-refractivity contribution in [1.82, 2.24) is 4.57 Å². The molecule has 0 aliphatic carbocycles. The topological polar surface area (TPSA) is 17.0 Å². The Balaban J connectivity index is 1.90. The standard InChI is InChI=1S/C14H14N2S/c1-16-9-11(8-15-12-6-7-17-10-12)13-4-2-3-5-14(13)16/h2-7,9-10,15H,8H2,1H3. The molecule has 2 aromatic heterocycles. The summed E-state index contributed by atoms with van der Waals surface area (Å²) in [6, 6.07) is 10.6. The minimum atomic E-state index is 0.873. The predicted molar refractivity (Wildman–Crippen MR) is 74.6 cm³/mol. The molecule has 17 heavy (non-hydrogen) atoms. The minimum Gasteiger partial charge on any atom is -0.380 e. The van der Waals surface area contributed by atoms with Gasteiger partial charge in [0.2, 0.25) is 0 Å². The highest BCUT2D eigenvalue weighted by atomic mass is 32.1. The minimum absolute atomic E-state index is 0.873. The molecular formula is C14H14N2S. The largest absolute Gasteiger partial charge is 0.380 e. The number of thiophene rings is 1. The molecule has 0 saturated carbocycles. The fraction of sp³-hybridized carbons (Fsp3) is 0.143. The van der Waals surface area contributed by atoms with E-state index in [0.717, 1.165) is 6.54 Å². The summed E-state index contributed by atoms with van der Waals surface area (Å²) in [7, 11) is 2.09. The lowest BCUT2D eigenvalue weighted by molar-refractivity contribution is 0.956. The van der Waals surface area contributed by atoms with Crippen molar-refractivity contribution in [1.29, 1.82) is 0 Å². The first kappa shape index (κ1) is 10.4. The maximum Gasteiger partial charge on any atom is 0.0481 e. The Morgan fingerprint density at radius 3 is 2.94 bits per heavy atom. The lowest BCUT2D eigenvalue weighted by Crippen LogP contribution is -1.97. The number of hydrogen-bond acceptors (Lipinski definition) is 2. The average Bonchev–Trinajstić information content (AvgIpc) is 2.96. The SMILES string of the molecule is Cn1cc(CNc2ccsc2)c2ccccc21. The molecule has 0 amide bonds. The van der Waals surface area contributed by atoms with E-state index in [1.165, 1.54) is 22.2 Å². The predicted octanol–water partition coefficient (Wildman–Crippen LogP) is 3.85. The highest BCUT2D eigenvalue weighted by Gasteiger charge is 2.05. The smallest absolute Gasteiger partial charge is 0.0481 e. The Bertz CT molecular complexity index is 623. The Labute approximate surface area is 105 Å². The van der Waals surface area contributed by atoms with Gasteiger partial charge in [0, 0.05) is 41.8 Å². The van der Waals surface area contributed by atoms with Gasteiger partial charge in [0.25, 0.3) is 0 Å². The van der Waals surface area contributed by atoms with Crippen LogP contribution in [0.3, 0.4) is 0 Å². The zero-order valence-electron chi connectivity index (χ0n) is 9.68. The molecule has 2 nitrogen and oxygen atoms in total. The lowest BCUT2D eigenvalue weighted by atomic mass is 10.2. The van der Waals surface area contributed by atoms with Gasteiger partial charge in [-0.15, -0.1) is 0 Å². The molecule has 0 atom stereocenters. The first-order valence-corrected chi connectivity index (χ1v) is 6.58. The molecule has 0 saturated heterocycles. The normalized spacial score (nSPS) is 10.9. The molecule has 3 rings (SSSR count). The lowest BCUT2D eigenvalue weighted by Gasteiger charge is -2.02. The molecule has 0 aliphatic rings.